The summed E-state index contributed by atoms with van der Waals surface area (Å²) in [6.45, 7) is 1.82. The van der Waals surface area contributed by atoms with E-state index in [9.17, 15) is 12.8 Å². The monoisotopic (exact) mass is 474 g/mol. The van der Waals surface area contributed by atoms with Crippen LogP contribution in [0.1, 0.15) is 11.4 Å². The third-order valence-corrected chi connectivity index (χ3v) is 5.91. The van der Waals surface area contributed by atoms with Crippen LogP contribution in [0.5, 0.6) is 5.75 Å². The SMILES string of the molecule is Cc1cncc(S(=O)(=O)Nc2c(F)cc(Cl)cc2-c2ccc(OCc3nn[nH]n3)cc2)c1. The van der Waals surface area contributed by atoms with Crippen molar-refractivity contribution in [3.63, 3.8) is 0 Å². The number of hydrogen-bond donors (Lipinski definition) is 2. The highest BCUT2D eigenvalue weighted by Crippen LogP contribution is 2.35. The molecule has 0 saturated heterocycles. The van der Waals surface area contributed by atoms with Gasteiger partial charge in [0.05, 0.1) is 5.69 Å². The number of nitrogens with zero attached hydrogens (tertiary/aromatic N) is 4. The first-order chi connectivity index (χ1) is 15.3. The largest absolute Gasteiger partial charge is 0.485 e. The number of sulfonamides is 1. The normalized spacial score (nSPS) is 11.3. The number of rotatable bonds is 7. The molecular formula is C20H16ClFN6O3S. The molecule has 0 saturated carbocycles. The molecule has 0 unspecified atom stereocenters. The van der Waals surface area contributed by atoms with E-state index in [4.69, 9.17) is 16.3 Å². The summed E-state index contributed by atoms with van der Waals surface area (Å²) in [5.41, 5.74) is 1.22. The van der Waals surface area contributed by atoms with Crippen LogP contribution < -0.4 is 9.46 Å². The number of hydrogen-bond acceptors (Lipinski definition) is 7. The van der Waals surface area contributed by atoms with E-state index in [1.807, 2.05) is 0 Å². The van der Waals surface area contributed by atoms with Crippen molar-refractivity contribution < 1.29 is 17.5 Å². The molecule has 0 aliphatic carbocycles. The van der Waals surface area contributed by atoms with Gasteiger partial charge in [0.1, 0.15) is 16.5 Å². The van der Waals surface area contributed by atoms with Crippen molar-refractivity contribution in [2.24, 2.45) is 0 Å². The van der Waals surface area contributed by atoms with Gasteiger partial charge >= 0.3 is 0 Å². The lowest BCUT2D eigenvalue weighted by molar-refractivity contribution is 0.296. The molecule has 4 rings (SSSR count). The Bertz CT molecular complexity index is 1350. The molecule has 0 atom stereocenters. The van der Waals surface area contributed by atoms with Crippen molar-refractivity contribution in [1.29, 1.82) is 0 Å². The van der Waals surface area contributed by atoms with Gasteiger partial charge < -0.3 is 4.74 Å². The quantitative estimate of drug-likeness (QED) is 0.418. The first-order valence-electron chi connectivity index (χ1n) is 9.21. The molecule has 32 heavy (non-hydrogen) atoms. The maximum absolute atomic E-state index is 14.8. The van der Waals surface area contributed by atoms with Crippen LogP contribution in [-0.4, -0.2) is 34.0 Å². The number of benzene rings is 2. The first kappa shape index (κ1) is 21.7. The summed E-state index contributed by atoms with van der Waals surface area (Å²) < 4.78 is 48.4. The molecule has 4 aromatic rings. The van der Waals surface area contributed by atoms with Crippen LogP contribution >= 0.6 is 11.6 Å². The van der Waals surface area contributed by atoms with Crippen LogP contribution in [-0.2, 0) is 16.6 Å². The predicted molar refractivity (Wildman–Crippen MR) is 115 cm³/mol. The molecule has 0 fully saturated rings. The number of aryl methyl sites for hydroxylation is 1. The standard InChI is InChI=1S/C20H16ClFN6O3S/c1-12-6-16(10-23-9-12)32(29,30)26-20-17(7-14(21)8-18(20)22)13-2-4-15(5-3-13)31-11-19-24-27-28-25-19/h2-10,26H,11H2,1H3,(H,24,25,27,28). The number of pyridine rings is 1. The first-order valence-corrected chi connectivity index (χ1v) is 11.1. The number of ether oxygens (including phenoxy) is 1. The number of anilines is 1. The third-order valence-electron chi connectivity index (χ3n) is 4.37. The molecule has 0 aliphatic heterocycles. The Balaban J connectivity index is 1.64. The molecule has 164 valence electrons. The lowest BCUT2D eigenvalue weighted by atomic mass is 10.0. The van der Waals surface area contributed by atoms with Crippen LogP contribution in [0.2, 0.25) is 5.02 Å². The van der Waals surface area contributed by atoms with Gasteiger partial charge in [0, 0.05) is 23.0 Å². The number of H-pyrrole nitrogens is 1. The van der Waals surface area contributed by atoms with Crippen molar-refractivity contribution in [3.05, 3.63) is 77.1 Å². The second-order valence-corrected chi connectivity index (χ2v) is 8.87. The highest BCUT2D eigenvalue weighted by Gasteiger charge is 2.21. The van der Waals surface area contributed by atoms with Gasteiger partial charge in [-0.3, -0.25) is 9.71 Å². The summed E-state index contributed by atoms with van der Waals surface area (Å²) >= 11 is 6.04. The van der Waals surface area contributed by atoms with Crippen molar-refractivity contribution >= 4 is 27.3 Å². The molecule has 2 N–H and O–H groups in total. The molecule has 0 aliphatic rings. The van der Waals surface area contributed by atoms with Crippen molar-refractivity contribution in [2.45, 2.75) is 18.4 Å². The molecule has 0 spiro atoms. The zero-order valence-electron chi connectivity index (χ0n) is 16.6. The van der Waals surface area contributed by atoms with Gasteiger partial charge in [-0.05, 0) is 48.4 Å². The number of aromatic nitrogens is 5. The predicted octanol–water partition coefficient (Wildman–Crippen LogP) is 3.74. The summed E-state index contributed by atoms with van der Waals surface area (Å²) in [4.78, 5) is 3.81. The van der Waals surface area contributed by atoms with E-state index in [-0.39, 0.29) is 27.8 Å². The van der Waals surface area contributed by atoms with Gasteiger partial charge in [-0.2, -0.15) is 5.21 Å². The Kier molecular flexibility index (Phi) is 6.01. The second-order valence-electron chi connectivity index (χ2n) is 6.75. The van der Waals surface area contributed by atoms with Gasteiger partial charge in [0.15, 0.2) is 6.61 Å². The van der Waals surface area contributed by atoms with Crippen LogP contribution in [0.25, 0.3) is 11.1 Å². The summed E-state index contributed by atoms with van der Waals surface area (Å²) in [6.07, 6.45) is 2.72. The van der Waals surface area contributed by atoms with Crippen molar-refractivity contribution in [1.82, 2.24) is 25.6 Å². The van der Waals surface area contributed by atoms with Gasteiger partial charge in [0.2, 0.25) is 5.82 Å². The fraction of sp³-hybridized carbons (Fsp3) is 0.100. The number of halogens is 2. The summed E-state index contributed by atoms with van der Waals surface area (Å²) in [5.74, 6) is 0.0801. The summed E-state index contributed by atoms with van der Waals surface area (Å²) in [6, 6.07) is 10.6. The Hall–Kier alpha value is -3.57. The van der Waals surface area contributed by atoms with Gasteiger partial charge in [-0.15, -0.1) is 10.2 Å². The third kappa shape index (κ3) is 4.84. The van der Waals surface area contributed by atoms with E-state index >= 15 is 0 Å². The highest BCUT2D eigenvalue weighted by molar-refractivity contribution is 7.92. The summed E-state index contributed by atoms with van der Waals surface area (Å²) in [7, 11) is -4.09. The number of nitrogens with one attached hydrogen (secondary N) is 2. The lowest BCUT2D eigenvalue weighted by Crippen LogP contribution is -2.15. The van der Waals surface area contributed by atoms with E-state index in [1.165, 1.54) is 24.5 Å². The molecule has 0 radical (unpaired) electrons. The van der Waals surface area contributed by atoms with Crippen LogP contribution in [0.3, 0.4) is 0 Å². The van der Waals surface area contributed by atoms with Crippen LogP contribution in [0.4, 0.5) is 10.1 Å². The minimum Gasteiger partial charge on any atom is -0.485 e. The average molecular weight is 475 g/mol. The number of tetrazole rings is 1. The van der Waals surface area contributed by atoms with E-state index in [2.05, 4.69) is 30.3 Å². The van der Waals surface area contributed by atoms with E-state index in [1.54, 1.807) is 31.2 Å². The molecule has 12 heteroatoms. The van der Waals surface area contributed by atoms with Gasteiger partial charge in [-0.25, -0.2) is 12.8 Å². The van der Waals surface area contributed by atoms with Gasteiger partial charge in [0.25, 0.3) is 10.0 Å². The lowest BCUT2D eigenvalue weighted by Gasteiger charge is -2.15. The molecule has 2 aromatic carbocycles. The molecule has 2 heterocycles. The highest BCUT2D eigenvalue weighted by atomic mass is 35.5. The minimum atomic E-state index is -4.09. The molecule has 9 nitrogen and oxygen atoms in total. The fourth-order valence-corrected chi connectivity index (χ4v) is 4.23. The second kappa shape index (κ2) is 8.89. The average Bonchev–Trinajstić information content (AvgIpc) is 3.28. The van der Waals surface area contributed by atoms with Crippen molar-refractivity contribution in [3.8, 4) is 16.9 Å². The van der Waals surface area contributed by atoms with Crippen LogP contribution in [0.15, 0.2) is 59.8 Å². The summed E-state index contributed by atoms with van der Waals surface area (Å²) in [5, 5.41) is 13.5. The minimum absolute atomic E-state index is 0.0805. The maximum Gasteiger partial charge on any atom is 0.263 e. The fourth-order valence-electron chi connectivity index (χ4n) is 2.89. The Labute approximate surface area is 187 Å². The molecular weight excluding hydrogens is 459 g/mol. The zero-order valence-corrected chi connectivity index (χ0v) is 18.2. The molecule has 2 aromatic heterocycles. The number of aromatic amines is 1. The molecule has 0 bridgehead atoms. The van der Waals surface area contributed by atoms with E-state index in [0.29, 0.717) is 22.7 Å². The van der Waals surface area contributed by atoms with Gasteiger partial charge in [-0.1, -0.05) is 28.9 Å². The van der Waals surface area contributed by atoms with E-state index < -0.39 is 15.8 Å². The maximum atomic E-state index is 14.8. The van der Waals surface area contributed by atoms with E-state index in [0.717, 1.165) is 6.07 Å². The molecule has 0 amide bonds. The zero-order chi connectivity index (χ0) is 22.7. The Morgan fingerprint density at radius 2 is 1.94 bits per heavy atom. The Morgan fingerprint density at radius 1 is 1.16 bits per heavy atom. The van der Waals surface area contributed by atoms with Crippen LogP contribution in [0, 0.1) is 12.7 Å². The smallest absolute Gasteiger partial charge is 0.263 e. The Morgan fingerprint density at radius 3 is 2.62 bits per heavy atom. The topological polar surface area (TPSA) is 123 Å². The van der Waals surface area contributed by atoms with Crippen molar-refractivity contribution in [2.75, 3.05) is 4.72 Å².